The third-order valence-corrected chi connectivity index (χ3v) is 6.27. The van der Waals surface area contributed by atoms with Crippen molar-refractivity contribution >= 4 is 27.3 Å². The van der Waals surface area contributed by atoms with Crippen molar-refractivity contribution in [3.8, 4) is 0 Å². The van der Waals surface area contributed by atoms with Gasteiger partial charge in [-0.15, -0.1) is 11.3 Å². The highest BCUT2D eigenvalue weighted by atomic mass is 32.1. The summed E-state index contributed by atoms with van der Waals surface area (Å²) in [7, 11) is 0. The molecule has 4 heteroatoms. The molecule has 2 fully saturated rings. The van der Waals surface area contributed by atoms with Crippen molar-refractivity contribution in [2.24, 2.45) is 0 Å². The quantitative estimate of drug-likeness (QED) is 0.778. The van der Waals surface area contributed by atoms with Crippen LogP contribution in [0.15, 0.2) is 18.5 Å². The van der Waals surface area contributed by atoms with E-state index in [-0.39, 0.29) is 5.91 Å². The Hall–Kier alpha value is -1.29. The Bertz CT molecular complexity index is 626. The maximum atomic E-state index is 12.7. The lowest BCUT2D eigenvalue weighted by Gasteiger charge is -2.19. The van der Waals surface area contributed by atoms with Crippen LogP contribution in [0, 0.1) is 0 Å². The highest BCUT2D eigenvalue weighted by molar-refractivity contribution is 7.20. The molecule has 3 heterocycles. The average molecular weight is 316 g/mol. The Labute approximate surface area is 135 Å². The number of aromatic nitrogens is 1. The number of likely N-dealkylation sites (tertiary alicyclic amines) is 1. The molecule has 3 nitrogen and oxygen atoms in total. The number of carbonyl (C=O) groups excluding carboxylic acids is 1. The summed E-state index contributed by atoms with van der Waals surface area (Å²) >= 11 is 1.67. The van der Waals surface area contributed by atoms with Crippen LogP contribution in [-0.2, 0) is 0 Å². The van der Waals surface area contributed by atoms with Crippen LogP contribution in [0.3, 0.4) is 0 Å². The second-order valence-electron chi connectivity index (χ2n) is 6.78. The van der Waals surface area contributed by atoms with E-state index < -0.39 is 0 Å². The van der Waals surface area contributed by atoms with Gasteiger partial charge in [0.2, 0.25) is 0 Å². The third kappa shape index (κ3) is 2.69. The summed E-state index contributed by atoms with van der Waals surface area (Å²) in [6.45, 7) is 1.87. The monoisotopic (exact) mass is 316 g/mol. The molecule has 0 atom stereocenters. The predicted octanol–water partition coefficient (Wildman–Crippen LogP) is 4.83. The number of hydrogen-bond acceptors (Lipinski definition) is 2. The maximum Gasteiger partial charge on any atom is 0.263 e. The number of hydrogen-bond donors (Lipinski definition) is 0. The van der Waals surface area contributed by atoms with E-state index in [0.29, 0.717) is 6.04 Å². The summed E-state index contributed by atoms with van der Waals surface area (Å²) < 4.78 is 3.65. The molecule has 1 aliphatic heterocycles. The molecule has 2 aromatic rings. The van der Waals surface area contributed by atoms with Gasteiger partial charge in [-0.25, -0.2) is 0 Å². The minimum atomic E-state index is 0.246. The summed E-state index contributed by atoms with van der Waals surface area (Å²) in [4.78, 5) is 15.7. The Morgan fingerprint density at radius 1 is 1.00 bits per heavy atom. The van der Waals surface area contributed by atoms with Gasteiger partial charge in [-0.3, -0.25) is 4.79 Å². The molecule has 1 saturated carbocycles. The fourth-order valence-electron chi connectivity index (χ4n) is 3.90. The average Bonchev–Trinajstić information content (AvgIpc) is 3.18. The third-order valence-electron chi connectivity index (χ3n) is 5.20. The van der Waals surface area contributed by atoms with E-state index in [0.717, 1.165) is 30.8 Å². The molecule has 0 bridgehead atoms. The molecule has 1 amide bonds. The lowest BCUT2D eigenvalue weighted by Crippen LogP contribution is -2.31. The number of thiophene rings is 1. The summed E-state index contributed by atoms with van der Waals surface area (Å²) in [6, 6.07) is 2.79. The molecule has 0 radical (unpaired) electrons. The number of nitrogens with zero attached hydrogens (tertiary/aromatic N) is 2. The summed E-state index contributed by atoms with van der Waals surface area (Å²) in [5, 5.41) is 1.25. The van der Waals surface area contributed by atoms with Gasteiger partial charge in [-0.2, -0.15) is 0 Å². The van der Waals surface area contributed by atoms with Gasteiger partial charge in [0.1, 0.15) is 0 Å². The first-order valence-electron chi connectivity index (χ1n) is 8.71. The van der Waals surface area contributed by atoms with Crippen LogP contribution < -0.4 is 0 Å². The topological polar surface area (TPSA) is 25.2 Å². The van der Waals surface area contributed by atoms with E-state index >= 15 is 0 Å². The molecule has 2 aliphatic rings. The van der Waals surface area contributed by atoms with E-state index in [1.807, 2.05) is 0 Å². The highest BCUT2D eigenvalue weighted by Gasteiger charge is 2.21. The summed E-state index contributed by atoms with van der Waals surface area (Å²) in [6.07, 6.45) is 14.7. The normalized spacial score (nSPS) is 20.6. The van der Waals surface area contributed by atoms with Crippen molar-refractivity contribution in [2.45, 2.75) is 57.4 Å². The Kier molecular flexibility index (Phi) is 3.95. The zero-order chi connectivity index (χ0) is 14.9. The van der Waals surface area contributed by atoms with E-state index in [1.165, 1.54) is 48.6 Å². The second kappa shape index (κ2) is 6.07. The van der Waals surface area contributed by atoms with Crippen LogP contribution in [0.4, 0.5) is 0 Å². The Morgan fingerprint density at radius 2 is 1.73 bits per heavy atom. The van der Waals surface area contributed by atoms with Crippen LogP contribution in [0.1, 0.15) is 67.1 Å². The molecular formula is C18H24N2OS. The number of carbonyl (C=O) groups is 1. The van der Waals surface area contributed by atoms with E-state index in [9.17, 15) is 4.79 Å². The van der Waals surface area contributed by atoms with Gasteiger partial charge < -0.3 is 9.47 Å². The van der Waals surface area contributed by atoms with Crippen LogP contribution in [0.5, 0.6) is 0 Å². The Balaban J connectivity index is 1.54. The molecule has 0 spiro atoms. The molecule has 0 aromatic carbocycles. The summed E-state index contributed by atoms with van der Waals surface area (Å²) in [5.41, 5.74) is 0. The second-order valence-corrected chi connectivity index (χ2v) is 7.86. The molecule has 4 rings (SSSR count). The zero-order valence-electron chi connectivity index (χ0n) is 13.1. The van der Waals surface area contributed by atoms with Crippen LogP contribution in [0.2, 0.25) is 0 Å². The standard InChI is InChI=1S/C18H24N2OS/c21-18(19-9-5-1-2-6-10-19)16-11-14-12-20(13-17(14)22-16)15-7-3-4-8-15/h11-13,15H,1-10H2. The number of amides is 1. The molecule has 2 aromatic heterocycles. The van der Waals surface area contributed by atoms with Crippen LogP contribution in [0.25, 0.3) is 10.1 Å². The maximum absolute atomic E-state index is 12.7. The SMILES string of the molecule is O=C(c1cc2cn(C3CCCC3)cc2s1)N1CCCCCC1. The predicted molar refractivity (Wildman–Crippen MR) is 91.7 cm³/mol. The highest BCUT2D eigenvalue weighted by Crippen LogP contribution is 2.34. The van der Waals surface area contributed by atoms with Gasteiger partial charge in [-0.05, 0) is 31.7 Å². The lowest BCUT2D eigenvalue weighted by atomic mass is 10.2. The van der Waals surface area contributed by atoms with Gasteiger partial charge in [-0.1, -0.05) is 25.7 Å². The van der Waals surface area contributed by atoms with E-state index in [2.05, 4.69) is 27.9 Å². The zero-order valence-corrected chi connectivity index (χ0v) is 13.9. The molecular weight excluding hydrogens is 292 g/mol. The minimum absolute atomic E-state index is 0.246. The molecule has 22 heavy (non-hydrogen) atoms. The fourth-order valence-corrected chi connectivity index (χ4v) is 4.95. The van der Waals surface area contributed by atoms with Gasteiger partial charge in [0.05, 0.1) is 9.58 Å². The number of fused-ring (bicyclic) bond motifs is 1. The van der Waals surface area contributed by atoms with Crippen molar-refractivity contribution in [2.75, 3.05) is 13.1 Å². The smallest absolute Gasteiger partial charge is 0.263 e. The van der Waals surface area contributed by atoms with Crippen molar-refractivity contribution in [3.63, 3.8) is 0 Å². The van der Waals surface area contributed by atoms with Crippen LogP contribution in [-0.4, -0.2) is 28.5 Å². The Morgan fingerprint density at radius 3 is 2.41 bits per heavy atom. The van der Waals surface area contributed by atoms with Gasteiger partial charge in [0.25, 0.3) is 5.91 Å². The molecule has 118 valence electrons. The van der Waals surface area contributed by atoms with Gasteiger partial charge >= 0.3 is 0 Å². The summed E-state index contributed by atoms with van der Waals surface area (Å²) in [5.74, 6) is 0.246. The first kappa shape index (κ1) is 14.3. The fraction of sp³-hybridized carbons (Fsp3) is 0.611. The van der Waals surface area contributed by atoms with Gasteiger partial charge in [0.15, 0.2) is 0 Å². The van der Waals surface area contributed by atoms with E-state index in [1.54, 1.807) is 11.3 Å². The van der Waals surface area contributed by atoms with Crippen molar-refractivity contribution in [1.29, 1.82) is 0 Å². The minimum Gasteiger partial charge on any atom is -0.349 e. The first-order valence-corrected chi connectivity index (χ1v) is 9.53. The van der Waals surface area contributed by atoms with Crippen molar-refractivity contribution < 1.29 is 4.79 Å². The first-order chi connectivity index (χ1) is 10.8. The van der Waals surface area contributed by atoms with Gasteiger partial charge in [0, 0.05) is 36.9 Å². The van der Waals surface area contributed by atoms with Crippen molar-refractivity contribution in [1.82, 2.24) is 9.47 Å². The molecule has 0 unspecified atom stereocenters. The van der Waals surface area contributed by atoms with E-state index in [4.69, 9.17) is 0 Å². The lowest BCUT2D eigenvalue weighted by molar-refractivity contribution is 0.0766. The number of rotatable bonds is 2. The van der Waals surface area contributed by atoms with Crippen LogP contribution >= 0.6 is 11.3 Å². The van der Waals surface area contributed by atoms with Crippen molar-refractivity contribution in [3.05, 3.63) is 23.3 Å². The molecule has 1 aliphatic carbocycles. The molecule has 0 N–H and O–H groups in total. The largest absolute Gasteiger partial charge is 0.349 e. The molecule has 1 saturated heterocycles.